The van der Waals surface area contributed by atoms with Crippen LogP contribution in [0.4, 0.5) is 0 Å². The summed E-state index contributed by atoms with van der Waals surface area (Å²) in [5.41, 5.74) is 2.78. The molecule has 2 rings (SSSR count). The van der Waals surface area contributed by atoms with Crippen LogP contribution in [0.25, 0.3) is 0 Å². The molecule has 1 aromatic rings. The third-order valence-corrected chi connectivity index (χ3v) is 3.41. The van der Waals surface area contributed by atoms with Gasteiger partial charge in [-0.3, -0.25) is 4.90 Å². The molecule has 1 aliphatic rings. The van der Waals surface area contributed by atoms with Gasteiger partial charge in [-0.15, -0.1) is 0 Å². The summed E-state index contributed by atoms with van der Waals surface area (Å²) in [7, 11) is 2.24. The monoisotopic (exact) mass is 218 g/mol. The van der Waals surface area contributed by atoms with Crippen molar-refractivity contribution >= 4 is 0 Å². The van der Waals surface area contributed by atoms with Crippen molar-refractivity contribution in [1.82, 2.24) is 10.2 Å². The highest BCUT2D eigenvalue weighted by Gasteiger charge is 2.17. The number of benzene rings is 1. The first-order valence-corrected chi connectivity index (χ1v) is 6.22. The zero-order valence-electron chi connectivity index (χ0n) is 10.4. The Bertz CT molecular complexity index is 329. The lowest BCUT2D eigenvalue weighted by atomic mass is 10.1. The van der Waals surface area contributed by atoms with Crippen LogP contribution in [-0.4, -0.2) is 31.1 Å². The largest absolute Gasteiger partial charge is 0.315 e. The van der Waals surface area contributed by atoms with E-state index in [0.717, 1.165) is 13.1 Å². The average molecular weight is 218 g/mol. The van der Waals surface area contributed by atoms with E-state index in [0.29, 0.717) is 6.04 Å². The summed E-state index contributed by atoms with van der Waals surface area (Å²) in [5, 5.41) is 3.47. The quantitative estimate of drug-likeness (QED) is 0.836. The molecule has 1 aromatic carbocycles. The Labute approximate surface area is 98.7 Å². The lowest BCUT2D eigenvalue weighted by Gasteiger charge is -2.31. The van der Waals surface area contributed by atoms with Crippen LogP contribution in [0.1, 0.15) is 24.0 Å². The SMILES string of the molecule is Cc1cccc(CN(C)C2CCCNC2)c1. The van der Waals surface area contributed by atoms with E-state index in [1.54, 1.807) is 0 Å². The molecule has 0 saturated carbocycles. The lowest BCUT2D eigenvalue weighted by molar-refractivity contribution is 0.196. The first kappa shape index (κ1) is 11.6. The van der Waals surface area contributed by atoms with Gasteiger partial charge in [0.25, 0.3) is 0 Å². The first-order valence-electron chi connectivity index (χ1n) is 6.22. The Hall–Kier alpha value is -0.860. The van der Waals surface area contributed by atoms with Crippen molar-refractivity contribution in [3.8, 4) is 0 Å². The van der Waals surface area contributed by atoms with Gasteiger partial charge < -0.3 is 5.32 Å². The molecular formula is C14H22N2. The molecule has 1 unspecified atom stereocenters. The Kier molecular flexibility index (Phi) is 3.97. The molecule has 1 N–H and O–H groups in total. The molecule has 2 heteroatoms. The molecule has 1 atom stereocenters. The topological polar surface area (TPSA) is 15.3 Å². The van der Waals surface area contributed by atoms with Gasteiger partial charge in [0.15, 0.2) is 0 Å². The number of rotatable bonds is 3. The molecular weight excluding hydrogens is 196 g/mol. The van der Waals surface area contributed by atoms with Crippen LogP contribution >= 0.6 is 0 Å². The van der Waals surface area contributed by atoms with E-state index in [-0.39, 0.29) is 0 Å². The summed E-state index contributed by atoms with van der Waals surface area (Å²) >= 11 is 0. The average Bonchev–Trinajstić information content (AvgIpc) is 2.30. The minimum absolute atomic E-state index is 0.703. The first-order chi connectivity index (χ1) is 7.75. The highest BCUT2D eigenvalue weighted by atomic mass is 15.2. The maximum Gasteiger partial charge on any atom is 0.0234 e. The van der Waals surface area contributed by atoms with Crippen LogP contribution in [0.2, 0.25) is 0 Å². The second kappa shape index (κ2) is 5.46. The fourth-order valence-electron chi connectivity index (χ4n) is 2.44. The van der Waals surface area contributed by atoms with Gasteiger partial charge in [-0.25, -0.2) is 0 Å². The molecule has 1 fully saturated rings. The summed E-state index contributed by atoms with van der Waals surface area (Å²) in [4.78, 5) is 2.47. The van der Waals surface area contributed by atoms with E-state index in [9.17, 15) is 0 Å². The van der Waals surface area contributed by atoms with Crippen LogP contribution in [0, 0.1) is 6.92 Å². The van der Waals surface area contributed by atoms with Crippen molar-refractivity contribution in [2.75, 3.05) is 20.1 Å². The maximum absolute atomic E-state index is 3.47. The Morgan fingerprint density at radius 3 is 3.00 bits per heavy atom. The molecule has 0 aromatic heterocycles. The standard InChI is InChI=1S/C14H22N2/c1-12-5-3-6-13(9-12)11-16(2)14-7-4-8-15-10-14/h3,5-6,9,14-15H,4,7-8,10-11H2,1-2H3. The van der Waals surface area contributed by atoms with Crippen molar-refractivity contribution in [1.29, 1.82) is 0 Å². The molecule has 0 bridgehead atoms. The summed E-state index contributed by atoms with van der Waals surface area (Å²) in [6.45, 7) is 5.55. The third-order valence-electron chi connectivity index (χ3n) is 3.41. The van der Waals surface area contributed by atoms with E-state index in [1.165, 1.54) is 30.5 Å². The van der Waals surface area contributed by atoms with Gasteiger partial charge in [0.05, 0.1) is 0 Å². The molecule has 2 nitrogen and oxygen atoms in total. The van der Waals surface area contributed by atoms with Crippen LogP contribution in [0.3, 0.4) is 0 Å². The smallest absolute Gasteiger partial charge is 0.0234 e. The molecule has 0 aliphatic carbocycles. The third kappa shape index (κ3) is 3.06. The van der Waals surface area contributed by atoms with Gasteiger partial charge in [-0.1, -0.05) is 29.8 Å². The van der Waals surface area contributed by atoms with Crippen LogP contribution < -0.4 is 5.32 Å². The number of aryl methyl sites for hydroxylation is 1. The number of hydrogen-bond acceptors (Lipinski definition) is 2. The maximum atomic E-state index is 3.47. The van der Waals surface area contributed by atoms with E-state index in [4.69, 9.17) is 0 Å². The van der Waals surface area contributed by atoms with E-state index in [1.807, 2.05) is 0 Å². The molecule has 0 spiro atoms. The second-order valence-corrected chi connectivity index (χ2v) is 4.90. The van der Waals surface area contributed by atoms with Gasteiger partial charge in [-0.05, 0) is 38.9 Å². The second-order valence-electron chi connectivity index (χ2n) is 4.90. The minimum atomic E-state index is 0.703. The van der Waals surface area contributed by atoms with Gasteiger partial charge >= 0.3 is 0 Å². The van der Waals surface area contributed by atoms with Gasteiger partial charge in [0, 0.05) is 19.1 Å². The Morgan fingerprint density at radius 1 is 1.44 bits per heavy atom. The molecule has 0 radical (unpaired) electrons. The van der Waals surface area contributed by atoms with Crippen molar-refractivity contribution in [2.45, 2.75) is 32.4 Å². The Morgan fingerprint density at radius 2 is 2.31 bits per heavy atom. The van der Waals surface area contributed by atoms with Crippen molar-refractivity contribution in [2.24, 2.45) is 0 Å². The summed E-state index contributed by atoms with van der Waals surface area (Å²) in [6, 6.07) is 9.52. The lowest BCUT2D eigenvalue weighted by Crippen LogP contribution is -2.43. The van der Waals surface area contributed by atoms with Crippen LogP contribution in [0.5, 0.6) is 0 Å². The Balaban J connectivity index is 1.93. The number of nitrogens with zero attached hydrogens (tertiary/aromatic N) is 1. The predicted octanol–water partition coefficient (Wildman–Crippen LogP) is 2.18. The highest BCUT2D eigenvalue weighted by Crippen LogP contribution is 2.13. The summed E-state index contributed by atoms with van der Waals surface area (Å²) in [5.74, 6) is 0. The number of nitrogens with one attached hydrogen (secondary N) is 1. The highest BCUT2D eigenvalue weighted by molar-refractivity contribution is 5.22. The predicted molar refractivity (Wildman–Crippen MR) is 68.5 cm³/mol. The molecule has 1 aliphatic heterocycles. The number of piperidine rings is 1. The van der Waals surface area contributed by atoms with Crippen molar-refractivity contribution in [3.05, 3.63) is 35.4 Å². The van der Waals surface area contributed by atoms with Gasteiger partial charge in [0.2, 0.25) is 0 Å². The van der Waals surface area contributed by atoms with Crippen LogP contribution in [-0.2, 0) is 6.54 Å². The minimum Gasteiger partial charge on any atom is -0.315 e. The molecule has 1 heterocycles. The number of hydrogen-bond donors (Lipinski definition) is 1. The summed E-state index contributed by atoms with van der Waals surface area (Å²) in [6.07, 6.45) is 2.64. The van der Waals surface area contributed by atoms with Crippen LogP contribution in [0.15, 0.2) is 24.3 Å². The normalized spacial score (nSPS) is 21.3. The fourth-order valence-corrected chi connectivity index (χ4v) is 2.44. The zero-order valence-corrected chi connectivity index (χ0v) is 10.4. The van der Waals surface area contributed by atoms with Gasteiger partial charge in [0.1, 0.15) is 0 Å². The molecule has 1 saturated heterocycles. The molecule has 0 amide bonds. The summed E-state index contributed by atoms with van der Waals surface area (Å²) < 4.78 is 0. The van der Waals surface area contributed by atoms with E-state index >= 15 is 0 Å². The zero-order chi connectivity index (χ0) is 11.4. The molecule has 16 heavy (non-hydrogen) atoms. The number of likely N-dealkylation sites (N-methyl/N-ethyl adjacent to an activating group) is 1. The van der Waals surface area contributed by atoms with E-state index < -0.39 is 0 Å². The van der Waals surface area contributed by atoms with Crippen molar-refractivity contribution in [3.63, 3.8) is 0 Å². The van der Waals surface area contributed by atoms with Gasteiger partial charge in [-0.2, -0.15) is 0 Å². The van der Waals surface area contributed by atoms with E-state index in [2.05, 4.69) is 48.5 Å². The fraction of sp³-hybridized carbons (Fsp3) is 0.571. The molecule has 88 valence electrons. The van der Waals surface area contributed by atoms with Crippen molar-refractivity contribution < 1.29 is 0 Å².